The standard InChI is InChI=1S/C22H36O5/c1-4-5-8-12-22(3,27)13-11-18-17(19(23)15-20(18)24)10-7-6-9-16(2)14-21(25)26/h6-7,11,13,16-19,23,27H,4-5,8-10,12,14-15H2,1-3H3,(H,25,26)/b7-6-,13-11+/t16?,17-,18-,19+,22-/m1/s1. The summed E-state index contributed by atoms with van der Waals surface area (Å²) >= 11 is 0. The van der Waals surface area contributed by atoms with Crippen LogP contribution in [-0.4, -0.2) is 38.8 Å². The summed E-state index contributed by atoms with van der Waals surface area (Å²) in [6.07, 6.45) is 12.0. The molecule has 0 bridgehead atoms. The Morgan fingerprint density at radius 2 is 2.04 bits per heavy atom. The first-order chi connectivity index (χ1) is 12.7. The first-order valence-corrected chi connectivity index (χ1v) is 10.2. The van der Waals surface area contributed by atoms with Crippen molar-refractivity contribution in [1.29, 1.82) is 0 Å². The Balaban J connectivity index is 2.62. The van der Waals surface area contributed by atoms with Gasteiger partial charge in [0.2, 0.25) is 0 Å². The normalized spacial score (nSPS) is 26.7. The van der Waals surface area contributed by atoms with Crippen LogP contribution in [0.1, 0.15) is 72.1 Å². The average Bonchev–Trinajstić information content (AvgIpc) is 2.82. The number of carboxylic acid groups (broad SMARTS) is 1. The largest absolute Gasteiger partial charge is 0.481 e. The second kappa shape index (κ2) is 11.4. The summed E-state index contributed by atoms with van der Waals surface area (Å²) in [4.78, 5) is 22.9. The number of aliphatic hydroxyl groups is 2. The molecular weight excluding hydrogens is 344 g/mol. The molecule has 1 aliphatic rings. The van der Waals surface area contributed by atoms with Gasteiger partial charge in [-0.15, -0.1) is 0 Å². The molecule has 1 unspecified atom stereocenters. The molecule has 27 heavy (non-hydrogen) atoms. The molecule has 5 nitrogen and oxygen atoms in total. The van der Waals surface area contributed by atoms with Crippen LogP contribution in [0.25, 0.3) is 0 Å². The summed E-state index contributed by atoms with van der Waals surface area (Å²) in [6, 6.07) is 0. The highest BCUT2D eigenvalue weighted by Crippen LogP contribution is 2.34. The van der Waals surface area contributed by atoms with E-state index in [0.29, 0.717) is 19.3 Å². The number of ketones is 1. The van der Waals surface area contributed by atoms with Crippen molar-refractivity contribution in [3.63, 3.8) is 0 Å². The Kier molecular flexibility index (Phi) is 9.95. The molecular formula is C22H36O5. The summed E-state index contributed by atoms with van der Waals surface area (Å²) in [5.41, 5.74) is -0.935. The maximum Gasteiger partial charge on any atom is 0.303 e. The number of rotatable bonds is 12. The first-order valence-electron chi connectivity index (χ1n) is 10.2. The van der Waals surface area contributed by atoms with Gasteiger partial charge in [-0.05, 0) is 32.1 Å². The van der Waals surface area contributed by atoms with Gasteiger partial charge in [-0.2, -0.15) is 0 Å². The van der Waals surface area contributed by atoms with Crippen molar-refractivity contribution in [2.24, 2.45) is 17.8 Å². The molecule has 154 valence electrons. The topological polar surface area (TPSA) is 94.8 Å². The third kappa shape index (κ3) is 8.85. The van der Waals surface area contributed by atoms with E-state index >= 15 is 0 Å². The van der Waals surface area contributed by atoms with Crippen LogP contribution in [0.2, 0.25) is 0 Å². The zero-order valence-corrected chi connectivity index (χ0v) is 16.9. The van der Waals surface area contributed by atoms with Gasteiger partial charge in [-0.1, -0.05) is 57.4 Å². The van der Waals surface area contributed by atoms with Gasteiger partial charge in [0, 0.05) is 24.7 Å². The number of aliphatic carboxylic acids is 1. The molecule has 1 rings (SSSR count). The van der Waals surface area contributed by atoms with Crippen molar-refractivity contribution in [2.45, 2.75) is 83.8 Å². The molecule has 3 N–H and O–H groups in total. The highest BCUT2D eigenvalue weighted by atomic mass is 16.4. The van der Waals surface area contributed by atoms with Crippen LogP contribution in [0.3, 0.4) is 0 Å². The molecule has 1 saturated carbocycles. The molecule has 0 aromatic carbocycles. The molecule has 1 aliphatic carbocycles. The molecule has 0 aromatic heterocycles. The van der Waals surface area contributed by atoms with Gasteiger partial charge in [-0.25, -0.2) is 0 Å². The first kappa shape index (κ1) is 23.6. The SMILES string of the molecule is CCCCC[C@@](C)(O)/C=C/[C@H]1C(=O)C[C@H](O)[C@@H]1C/C=C\CC(C)CC(=O)O. The second-order valence-electron chi connectivity index (χ2n) is 8.25. The Morgan fingerprint density at radius 1 is 1.33 bits per heavy atom. The fraction of sp³-hybridized carbons (Fsp3) is 0.727. The lowest BCUT2D eigenvalue weighted by Gasteiger charge is -2.21. The van der Waals surface area contributed by atoms with E-state index in [1.165, 1.54) is 0 Å². The fourth-order valence-corrected chi connectivity index (χ4v) is 3.62. The number of Topliss-reactive ketones (excluding diaryl/α,β-unsaturated/α-hetero) is 1. The number of carbonyl (C=O) groups excluding carboxylic acids is 1. The van der Waals surface area contributed by atoms with Gasteiger partial charge < -0.3 is 15.3 Å². The van der Waals surface area contributed by atoms with Crippen LogP contribution in [0, 0.1) is 17.8 Å². The molecule has 0 radical (unpaired) electrons. The molecule has 0 spiro atoms. The highest BCUT2D eigenvalue weighted by molar-refractivity contribution is 5.86. The average molecular weight is 381 g/mol. The summed E-state index contributed by atoms with van der Waals surface area (Å²) in [6.45, 7) is 5.76. The van der Waals surface area contributed by atoms with Crippen LogP contribution in [0.5, 0.6) is 0 Å². The van der Waals surface area contributed by atoms with Crippen LogP contribution in [0.4, 0.5) is 0 Å². The van der Waals surface area contributed by atoms with E-state index in [2.05, 4.69) is 6.92 Å². The van der Waals surface area contributed by atoms with E-state index < -0.39 is 17.7 Å². The Hall–Kier alpha value is -1.46. The lowest BCUT2D eigenvalue weighted by molar-refractivity contribution is -0.137. The highest BCUT2D eigenvalue weighted by Gasteiger charge is 2.39. The number of hydrogen-bond acceptors (Lipinski definition) is 4. The number of allylic oxidation sites excluding steroid dienone is 3. The molecule has 0 aliphatic heterocycles. The van der Waals surface area contributed by atoms with Crippen molar-refractivity contribution in [2.75, 3.05) is 0 Å². The smallest absolute Gasteiger partial charge is 0.303 e. The van der Waals surface area contributed by atoms with E-state index in [0.717, 1.165) is 19.3 Å². The van der Waals surface area contributed by atoms with Gasteiger partial charge in [-0.3, -0.25) is 9.59 Å². The van der Waals surface area contributed by atoms with Crippen molar-refractivity contribution in [3.05, 3.63) is 24.3 Å². The predicted octanol–water partition coefficient (Wildman–Crippen LogP) is 3.89. The van der Waals surface area contributed by atoms with Gasteiger partial charge in [0.05, 0.1) is 11.7 Å². The second-order valence-corrected chi connectivity index (χ2v) is 8.25. The van der Waals surface area contributed by atoms with Crippen LogP contribution in [-0.2, 0) is 9.59 Å². The molecule has 0 saturated heterocycles. The lowest BCUT2D eigenvalue weighted by atomic mass is 9.88. The van der Waals surface area contributed by atoms with Crippen LogP contribution in [0.15, 0.2) is 24.3 Å². The number of unbranched alkanes of at least 4 members (excludes halogenated alkanes) is 2. The van der Waals surface area contributed by atoms with Crippen molar-refractivity contribution in [3.8, 4) is 0 Å². The van der Waals surface area contributed by atoms with Crippen molar-refractivity contribution < 1.29 is 24.9 Å². The quantitative estimate of drug-likeness (QED) is 0.353. The van der Waals surface area contributed by atoms with Gasteiger partial charge >= 0.3 is 5.97 Å². The Morgan fingerprint density at radius 3 is 2.67 bits per heavy atom. The predicted molar refractivity (Wildman–Crippen MR) is 106 cm³/mol. The van der Waals surface area contributed by atoms with Gasteiger partial charge in [0.1, 0.15) is 5.78 Å². The van der Waals surface area contributed by atoms with Gasteiger partial charge in [0.25, 0.3) is 0 Å². The molecule has 0 aromatic rings. The third-order valence-electron chi connectivity index (χ3n) is 5.32. The number of carbonyl (C=O) groups is 2. The molecule has 1 fully saturated rings. The lowest BCUT2D eigenvalue weighted by Crippen LogP contribution is -2.23. The minimum absolute atomic E-state index is 0.0146. The minimum atomic E-state index is -0.935. The Bertz CT molecular complexity index is 535. The summed E-state index contributed by atoms with van der Waals surface area (Å²) in [5.74, 6) is -1.29. The van der Waals surface area contributed by atoms with Crippen molar-refractivity contribution in [1.82, 2.24) is 0 Å². The van der Waals surface area contributed by atoms with E-state index in [1.54, 1.807) is 19.1 Å². The van der Waals surface area contributed by atoms with E-state index in [-0.39, 0.29) is 36.4 Å². The molecule has 0 heterocycles. The molecule has 0 amide bonds. The van der Waals surface area contributed by atoms with Crippen molar-refractivity contribution >= 4 is 11.8 Å². The molecule has 5 heteroatoms. The summed E-state index contributed by atoms with van der Waals surface area (Å²) in [5, 5.41) is 29.5. The number of aliphatic hydroxyl groups excluding tert-OH is 1. The zero-order chi connectivity index (χ0) is 20.4. The minimum Gasteiger partial charge on any atom is -0.481 e. The monoisotopic (exact) mass is 380 g/mol. The summed E-state index contributed by atoms with van der Waals surface area (Å²) < 4.78 is 0. The van der Waals surface area contributed by atoms with E-state index in [4.69, 9.17) is 5.11 Å². The van der Waals surface area contributed by atoms with Crippen LogP contribution >= 0.6 is 0 Å². The maximum absolute atomic E-state index is 12.3. The zero-order valence-electron chi connectivity index (χ0n) is 16.9. The van der Waals surface area contributed by atoms with E-state index in [9.17, 15) is 19.8 Å². The maximum atomic E-state index is 12.3. The fourth-order valence-electron chi connectivity index (χ4n) is 3.62. The third-order valence-corrected chi connectivity index (χ3v) is 5.32. The van der Waals surface area contributed by atoms with E-state index in [1.807, 2.05) is 19.1 Å². The van der Waals surface area contributed by atoms with Gasteiger partial charge in [0.15, 0.2) is 0 Å². The van der Waals surface area contributed by atoms with Crippen LogP contribution < -0.4 is 0 Å². The number of carboxylic acids is 1. The number of hydrogen-bond donors (Lipinski definition) is 3. The summed E-state index contributed by atoms with van der Waals surface area (Å²) in [7, 11) is 0. The molecule has 5 atom stereocenters. The Labute approximate surface area is 163 Å².